The summed E-state index contributed by atoms with van der Waals surface area (Å²) in [5.74, 6) is 0. The maximum absolute atomic E-state index is 10.4. The minimum atomic E-state index is -0.470. The Kier molecular flexibility index (Phi) is 4.00. The van der Waals surface area contributed by atoms with Crippen LogP contribution in [0.2, 0.25) is 0 Å². The van der Waals surface area contributed by atoms with Crippen molar-refractivity contribution < 1.29 is 4.92 Å². The van der Waals surface area contributed by atoms with E-state index in [9.17, 15) is 10.1 Å². The molecule has 0 unspecified atom stereocenters. The van der Waals surface area contributed by atoms with Gasteiger partial charge in [0.1, 0.15) is 5.69 Å². The van der Waals surface area contributed by atoms with Crippen LogP contribution in [-0.2, 0) is 0 Å². The molecule has 0 heterocycles. The minimum absolute atomic E-state index is 0. The van der Waals surface area contributed by atoms with E-state index in [0.717, 1.165) is 0 Å². The fourth-order valence-corrected chi connectivity index (χ4v) is 0.911. The molecular weight excluding hydrogens is 194 g/mol. The Hall–Kier alpha value is -1.49. The molecule has 0 fully saturated rings. The average Bonchev–Trinajstić information content (AvgIpc) is 2.04. The van der Waals surface area contributed by atoms with Crippen molar-refractivity contribution in [2.24, 2.45) is 0 Å². The number of benzene rings is 1. The Balaban J connectivity index is 0.00000144. The molecule has 5 nitrogen and oxygen atoms in total. The summed E-state index contributed by atoms with van der Waals surface area (Å²) >= 11 is 0. The van der Waals surface area contributed by atoms with Gasteiger partial charge < -0.3 is 11.1 Å². The van der Waals surface area contributed by atoms with Gasteiger partial charge in [0.05, 0.1) is 4.92 Å². The second-order valence-corrected chi connectivity index (χ2v) is 2.28. The number of nitro groups is 1. The smallest absolute Gasteiger partial charge is 0.294 e. The molecule has 1 rings (SSSR count). The first-order valence-electron chi connectivity index (χ1n) is 3.37. The number of nitrogen functional groups attached to an aromatic ring is 1. The van der Waals surface area contributed by atoms with E-state index < -0.39 is 4.92 Å². The van der Waals surface area contributed by atoms with Gasteiger partial charge in [0.25, 0.3) is 5.69 Å². The number of nitrogens with two attached hydrogens (primary N) is 1. The molecule has 0 aliphatic heterocycles. The average molecular weight is 204 g/mol. The summed E-state index contributed by atoms with van der Waals surface area (Å²) in [7, 11) is 1.62. The van der Waals surface area contributed by atoms with Crippen LogP contribution in [0, 0.1) is 10.1 Å². The first-order chi connectivity index (χ1) is 5.65. The first kappa shape index (κ1) is 11.5. The van der Waals surface area contributed by atoms with Crippen molar-refractivity contribution in [3.05, 3.63) is 28.3 Å². The number of nitro benzene ring substituents is 1. The monoisotopic (exact) mass is 203 g/mol. The number of nitrogens with one attached hydrogen (secondary N) is 1. The van der Waals surface area contributed by atoms with Crippen molar-refractivity contribution in [2.45, 2.75) is 0 Å². The molecule has 6 heteroatoms. The van der Waals surface area contributed by atoms with E-state index in [1.165, 1.54) is 6.07 Å². The van der Waals surface area contributed by atoms with E-state index in [1.54, 1.807) is 19.2 Å². The van der Waals surface area contributed by atoms with Crippen LogP contribution in [0.5, 0.6) is 0 Å². The van der Waals surface area contributed by atoms with Gasteiger partial charge in [-0.25, -0.2) is 0 Å². The molecular formula is C7H10ClN3O2. The number of nitrogens with zero attached hydrogens (tertiary/aromatic N) is 1. The first-order valence-corrected chi connectivity index (χ1v) is 3.37. The fourth-order valence-electron chi connectivity index (χ4n) is 0.911. The molecule has 0 amide bonds. The van der Waals surface area contributed by atoms with Gasteiger partial charge in [-0.15, -0.1) is 12.4 Å². The normalized spacial score (nSPS) is 8.69. The summed E-state index contributed by atoms with van der Waals surface area (Å²) in [5, 5.41) is 13.1. The highest BCUT2D eigenvalue weighted by Crippen LogP contribution is 2.25. The molecule has 0 radical (unpaired) electrons. The van der Waals surface area contributed by atoms with Crippen LogP contribution in [0.25, 0.3) is 0 Å². The van der Waals surface area contributed by atoms with Crippen LogP contribution in [0.1, 0.15) is 0 Å². The van der Waals surface area contributed by atoms with Crippen molar-refractivity contribution in [2.75, 3.05) is 18.1 Å². The summed E-state index contributed by atoms with van der Waals surface area (Å²) in [4.78, 5) is 9.97. The third kappa shape index (κ3) is 2.48. The molecule has 0 aromatic heterocycles. The highest BCUT2D eigenvalue weighted by Gasteiger charge is 2.11. The van der Waals surface area contributed by atoms with Gasteiger partial charge in [0.2, 0.25) is 0 Å². The highest BCUT2D eigenvalue weighted by atomic mass is 35.5. The number of hydrogen-bond donors (Lipinski definition) is 2. The molecule has 0 saturated heterocycles. The zero-order valence-electron chi connectivity index (χ0n) is 6.98. The molecule has 0 aliphatic carbocycles. The lowest BCUT2D eigenvalue weighted by molar-refractivity contribution is -0.383. The molecule has 1 aromatic rings. The Morgan fingerprint density at radius 1 is 1.54 bits per heavy atom. The zero-order valence-corrected chi connectivity index (χ0v) is 7.80. The Morgan fingerprint density at radius 2 is 2.15 bits per heavy atom. The number of hydrogen-bond acceptors (Lipinski definition) is 4. The lowest BCUT2D eigenvalue weighted by Crippen LogP contribution is -1.97. The molecule has 0 saturated carbocycles. The summed E-state index contributed by atoms with van der Waals surface area (Å²) in [6.45, 7) is 0. The summed E-state index contributed by atoms with van der Waals surface area (Å²) in [6.07, 6.45) is 0. The molecule has 0 atom stereocenters. The van der Waals surface area contributed by atoms with Crippen molar-refractivity contribution in [1.82, 2.24) is 0 Å². The Bertz CT molecular complexity index is 317. The van der Waals surface area contributed by atoms with Gasteiger partial charge in [-0.3, -0.25) is 10.1 Å². The molecule has 72 valence electrons. The molecule has 0 spiro atoms. The van der Waals surface area contributed by atoms with Gasteiger partial charge in [0.15, 0.2) is 0 Å². The minimum Gasteiger partial charge on any atom is -0.399 e. The van der Waals surface area contributed by atoms with Crippen LogP contribution in [0.4, 0.5) is 17.1 Å². The van der Waals surface area contributed by atoms with Gasteiger partial charge in [0, 0.05) is 18.8 Å². The molecule has 0 aliphatic rings. The third-order valence-corrected chi connectivity index (χ3v) is 1.49. The van der Waals surface area contributed by atoms with Crippen LogP contribution in [-0.4, -0.2) is 12.0 Å². The summed E-state index contributed by atoms with van der Waals surface area (Å²) < 4.78 is 0. The van der Waals surface area contributed by atoms with Crippen LogP contribution in [0.3, 0.4) is 0 Å². The lowest BCUT2D eigenvalue weighted by atomic mass is 10.2. The topological polar surface area (TPSA) is 81.2 Å². The molecule has 13 heavy (non-hydrogen) atoms. The Labute approximate surface area is 81.5 Å². The van der Waals surface area contributed by atoms with Gasteiger partial charge in [-0.05, 0) is 12.1 Å². The van der Waals surface area contributed by atoms with E-state index in [4.69, 9.17) is 5.73 Å². The predicted molar refractivity (Wildman–Crippen MR) is 54.3 cm³/mol. The third-order valence-electron chi connectivity index (χ3n) is 1.49. The van der Waals surface area contributed by atoms with Crippen molar-refractivity contribution in [3.8, 4) is 0 Å². The quantitative estimate of drug-likeness (QED) is 0.435. The van der Waals surface area contributed by atoms with E-state index in [-0.39, 0.29) is 18.1 Å². The van der Waals surface area contributed by atoms with Gasteiger partial charge >= 0.3 is 0 Å². The Morgan fingerprint density at radius 3 is 2.62 bits per heavy atom. The van der Waals surface area contributed by atoms with Crippen LogP contribution < -0.4 is 11.1 Å². The SMILES string of the molecule is CNc1ccc(N)cc1[N+](=O)[O-].Cl. The molecule has 3 N–H and O–H groups in total. The van der Waals surface area contributed by atoms with E-state index >= 15 is 0 Å². The van der Waals surface area contributed by atoms with Crippen molar-refractivity contribution >= 4 is 29.5 Å². The zero-order chi connectivity index (χ0) is 9.14. The summed E-state index contributed by atoms with van der Waals surface area (Å²) in [6, 6.07) is 4.51. The second-order valence-electron chi connectivity index (χ2n) is 2.28. The van der Waals surface area contributed by atoms with Crippen LogP contribution in [0.15, 0.2) is 18.2 Å². The standard InChI is InChI=1S/C7H9N3O2.ClH/c1-9-6-3-2-5(8)4-7(6)10(11)12;/h2-4,9H,8H2,1H3;1H. The van der Waals surface area contributed by atoms with E-state index in [1.807, 2.05) is 0 Å². The second kappa shape index (κ2) is 4.51. The molecule has 0 bridgehead atoms. The molecule has 1 aromatic carbocycles. The fraction of sp³-hybridized carbons (Fsp3) is 0.143. The van der Waals surface area contributed by atoms with E-state index in [2.05, 4.69) is 5.32 Å². The van der Waals surface area contributed by atoms with Crippen LogP contribution >= 0.6 is 12.4 Å². The van der Waals surface area contributed by atoms with Gasteiger partial charge in [-0.2, -0.15) is 0 Å². The number of rotatable bonds is 2. The number of halogens is 1. The maximum Gasteiger partial charge on any atom is 0.294 e. The predicted octanol–water partition coefficient (Wildman–Crippen LogP) is 1.64. The maximum atomic E-state index is 10.4. The van der Waals surface area contributed by atoms with Crippen molar-refractivity contribution in [3.63, 3.8) is 0 Å². The summed E-state index contributed by atoms with van der Waals surface area (Å²) in [5.41, 5.74) is 6.24. The number of anilines is 2. The lowest BCUT2D eigenvalue weighted by Gasteiger charge is -2.01. The van der Waals surface area contributed by atoms with Gasteiger partial charge in [-0.1, -0.05) is 0 Å². The van der Waals surface area contributed by atoms with E-state index in [0.29, 0.717) is 11.4 Å². The largest absolute Gasteiger partial charge is 0.399 e. The van der Waals surface area contributed by atoms with Crippen molar-refractivity contribution in [1.29, 1.82) is 0 Å². The highest BCUT2D eigenvalue weighted by molar-refractivity contribution is 5.85.